The topological polar surface area (TPSA) is 53.1 Å². The minimum absolute atomic E-state index is 0.622. The first-order valence-corrected chi connectivity index (χ1v) is 8.39. The van der Waals surface area contributed by atoms with E-state index < -0.39 is 0 Å². The fourth-order valence-corrected chi connectivity index (χ4v) is 3.10. The summed E-state index contributed by atoms with van der Waals surface area (Å²) in [7, 11) is 1.94. The number of furan rings is 1. The van der Waals surface area contributed by atoms with E-state index >= 15 is 0 Å². The van der Waals surface area contributed by atoms with Gasteiger partial charge in [0.15, 0.2) is 16.7 Å². The fraction of sp³-hybridized carbons (Fsp3) is 0.294. The molecule has 1 aromatic carbocycles. The Bertz CT molecular complexity index is 761. The summed E-state index contributed by atoms with van der Waals surface area (Å²) in [6.45, 7) is 4.77. The minimum atomic E-state index is 0.622. The first kappa shape index (κ1) is 15.7. The summed E-state index contributed by atoms with van der Waals surface area (Å²) in [5.74, 6) is 3.17. The lowest BCUT2D eigenvalue weighted by molar-refractivity contribution is 0.343. The summed E-state index contributed by atoms with van der Waals surface area (Å²) in [5, 5.41) is 9.23. The molecule has 0 bridgehead atoms. The van der Waals surface area contributed by atoms with Gasteiger partial charge in [-0.15, -0.1) is 10.2 Å². The van der Waals surface area contributed by atoms with Gasteiger partial charge < -0.3 is 13.7 Å². The highest BCUT2D eigenvalue weighted by Gasteiger charge is 2.12. The number of hydrogen-bond acceptors (Lipinski definition) is 5. The zero-order valence-corrected chi connectivity index (χ0v) is 14.3. The van der Waals surface area contributed by atoms with Gasteiger partial charge in [0.1, 0.15) is 5.75 Å². The zero-order valence-electron chi connectivity index (χ0n) is 13.4. The van der Waals surface area contributed by atoms with Crippen LogP contribution in [0, 0.1) is 13.8 Å². The smallest absolute Gasteiger partial charge is 0.200 e. The molecule has 3 aromatic rings. The molecule has 23 heavy (non-hydrogen) atoms. The number of thioether (sulfide) groups is 1. The second-order valence-corrected chi connectivity index (χ2v) is 6.42. The maximum Gasteiger partial charge on any atom is 0.200 e. The third kappa shape index (κ3) is 3.76. The molecule has 0 aliphatic carbocycles. The summed E-state index contributed by atoms with van der Waals surface area (Å²) in [4.78, 5) is 0. The maximum absolute atomic E-state index is 5.81. The zero-order chi connectivity index (χ0) is 16.2. The van der Waals surface area contributed by atoms with Crippen molar-refractivity contribution in [1.29, 1.82) is 0 Å². The molecule has 2 heterocycles. The molecule has 120 valence electrons. The Balaban J connectivity index is 1.55. The van der Waals surface area contributed by atoms with Crippen molar-refractivity contribution in [3.05, 3.63) is 47.7 Å². The molecule has 5 nitrogen and oxygen atoms in total. The number of hydrogen-bond donors (Lipinski definition) is 0. The van der Waals surface area contributed by atoms with Crippen molar-refractivity contribution in [2.75, 3.05) is 12.4 Å². The van der Waals surface area contributed by atoms with E-state index in [1.165, 1.54) is 11.1 Å². The Kier molecular flexibility index (Phi) is 4.71. The number of ether oxygens (including phenoxy) is 1. The molecule has 0 unspecified atom stereocenters. The molecule has 0 N–H and O–H groups in total. The molecule has 0 spiro atoms. The molecule has 2 aromatic heterocycles. The number of aromatic nitrogens is 3. The number of nitrogens with zero attached hydrogens (tertiary/aromatic N) is 3. The van der Waals surface area contributed by atoms with Gasteiger partial charge in [-0.05, 0) is 49.2 Å². The molecule has 0 fully saturated rings. The van der Waals surface area contributed by atoms with E-state index in [2.05, 4.69) is 42.2 Å². The third-order valence-corrected chi connectivity index (χ3v) is 4.34. The largest absolute Gasteiger partial charge is 0.493 e. The molecule has 0 aliphatic heterocycles. The van der Waals surface area contributed by atoms with Crippen LogP contribution in [-0.4, -0.2) is 27.1 Å². The van der Waals surface area contributed by atoms with Gasteiger partial charge in [-0.1, -0.05) is 17.8 Å². The Labute approximate surface area is 139 Å². The molecule has 0 aliphatic rings. The highest BCUT2D eigenvalue weighted by Crippen LogP contribution is 2.23. The number of aryl methyl sites for hydroxylation is 2. The van der Waals surface area contributed by atoms with Crippen molar-refractivity contribution >= 4 is 11.8 Å². The molecule has 0 amide bonds. The van der Waals surface area contributed by atoms with Crippen LogP contribution in [-0.2, 0) is 7.05 Å². The monoisotopic (exact) mass is 329 g/mol. The van der Waals surface area contributed by atoms with Crippen LogP contribution in [0.25, 0.3) is 11.6 Å². The Hall–Kier alpha value is -2.21. The summed E-state index contributed by atoms with van der Waals surface area (Å²) in [6, 6.07) is 9.96. The third-order valence-electron chi connectivity index (χ3n) is 3.35. The van der Waals surface area contributed by atoms with Crippen molar-refractivity contribution < 1.29 is 9.15 Å². The van der Waals surface area contributed by atoms with Crippen molar-refractivity contribution in [2.45, 2.75) is 19.0 Å². The van der Waals surface area contributed by atoms with Gasteiger partial charge in [-0.3, -0.25) is 0 Å². The lowest BCUT2D eigenvalue weighted by Crippen LogP contribution is -2.02. The summed E-state index contributed by atoms with van der Waals surface area (Å²) in [6.07, 6.45) is 1.63. The van der Waals surface area contributed by atoms with Gasteiger partial charge >= 0.3 is 0 Å². The summed E-state index contributed by atoms with van der Waals surface area (Å²) >= 11 is 1.62. The van der Waals surface area contributed by atoms with Gasteiger partial charge in [0.05, 0.1) is 12.9 Å². The van der Waals surface area contributed by atoms with Gasteiger partial charge in [0.25, 0.3) is 0 Å². The predicted octanol–water partition coefficient (Wildman–Crippen LogP) is 3.86. The fourth-order valence-electron chi connectivity index (χ4n) is 2.37. The van der Waals surface area contributed by atoms with E-state index in [0.717, 1.165) is 28.2 Å². The first-order chi connectivity index (χ1) is 11.1. The van der Waals surface area contributed by atoms with Gasteiger partial charge in [-0.2, -0.15) is 0 Å². The van der Waals surface area contributed by atoms with Crippen LogP contribution in [0.5, 0.6) is 5.75 Å². The molecule has 0 radical (unpaired) electrons. The summed E-state index contributed by atoms with van der Waals surface area (Å²) in [5.41, 5.74) is 2.42. The van der Waals surface area contributed by atoms with E-state index in [1.807, 2.05) is 23.7 Å². The van der Waals surface area contributed by atoms with Gasteiger partial charge in [0.2, 0.25) is 0 Å². The molecule has 6 heteroatoms. The Morgan fingerprint density at radius 3 is 2.65 bits per heavy atom. The van der Waals surface area contributed by atoms with E-state index in [0.29, 0.717) is 6.61 Å². The normalized spacial score (nSPS) is 10.9. The quantitative estimate of drug-likeness (QED) is 0.508. The Morgan fingerprint density at radius 1 is 1.17 bits per heavy atom. The van der Waals surface area contributed by atoms with Crippen molar-refractivity contribution in [1.82, 2.24) is 14.8 Å². The Morgan fingerprint density at radius 2 is 1.96 bits per heavy atom. The molecule has 0 saturated heterocycles. The highest BCUT2D eigenvalue weighted by molar-refractivity contribution is 7.99. The highest BCUT2D eigenvalue weighted by atomic mass is 32.2. The molecule has 0 saturated carbocycles. The molecular weight excluding hydrogens is 310 g/mol. The van der Waals surface area contributed by atoms with Gasteiger partial charge in [-0.25, -0.2) is 0 Å². The van der Waals surface area contributed by atoms with Crippen LogP contribution >= 0.6 is 11.8 Å². The van der Waals surface area contributed by atoms with E-state index in [-0.39, 0.29) is 0 Å². The molecule has 3 rings (SSSR count). The van der Waals surface area contributed by atoms with E-state index in [9.17, 15) is 0 Å². The van der Waals surface area contributed by atoms with E-state index in [1.54, 1.807) is 18.0 Å². The van der Waals surface area contributed by atoms with Crippen LogP contribution in [0.15, 0.2) is 46.2 Å². The predicted molar refractivity (Wildman–Crippen MR) is 90.8 cm³/mol. The average Bonchev–Trinajstić information content (AvgIpc) is 3.13. The minimum Gasteiger partial charge on any atom is -0.493 e. The van der Waals surface area contributed by atoms with Crippen molar-refractivity contribution in [3.8, 4) is 17.3 Å². The van der Waals surface area contributed by atoms with Crippen molar-refractivity contribution in [3.63, 3.8) is 0 Å². The van der Waals surface area contributed by atoms with E-state index in [4.69, 9.17) is 9.15 Å². The van der Waals surface area contributed by atoms with Crippen LogP contribution < -0.4 is 4.74 Å². The number of rotatable bonds is 6. The molecule has 0 atom stereocenters. The lowest BCUT2D eigenvalue weighted by atomic mass is 10.1. The first-order valence-electron chi connectivity index (χ1n) is 7.40. The van der Waals surface area contributed by atoms with Crippen LogP contribution in [0.1, 0.15) is 11.1 Å². The van der Waals surface area contributed by atoms with Crippen LogP contribution in [0.4, 0.5) is 0 Å². The second kappa shape index (κ2) is 6.91. The van der Waals surface area contributed by atoms with Crippen LogP contribution in [0.2, 0.25) is 0 Å². The summed E-state index contributed by atoms with van der Waals surface area (Å²) < 4.78 is 13.1. The van der Waals surface area contributed by atoms with Crippen molar-refractivity contribution in [2.24, 2.45) is 7.05 Å². The molecular formula is C17H19N3O2S. The average molecular weight is 329 g/mol. The van der Waals surface area contributed by atoms with Crippen LogP contribution in [0.3, 0.4) is 0 Å². The SMILES string of the molecule is Cc1cc(C)cc(OCCSc2nnc(-c3ccco3)n2C)c1. The standard InChI is InChI=1S/C17H19N3O2S/c1-12-9-13(2)11-14(10-12)21-7-8-23-17-19-18-16(20(17)3)15-5-4-6-22-15/h4-6,9-11H,7-8H2,1-3H3. The second-order valence-electron chi connectivity index (χ2n) is 5.36. The maximum atomic E-state index is 5.81. The number of benzene rings is 1. The van der Waals surface area contributed by atoms with Gasteiger partial charge in [0, 0.05) is 12.8 Å². The lowest BCUT2D eigenvalue weighted by Gasteiger charge is -2.08.